The van der Waals surface area contributed by atoms with Crippen molar-refractivity contribution in [3.63, 3.8) is 0 Å². The van der Waals surface area contributed by atoms with Crippen LogP contribution in [0.2, 0.25) is 0 Å². The zero-order valence-corrected chi connectivity index (χ0v) is 11.5. The molecule has 0 unspecified atom stereocenters. The van der Waals surface area contributed by atoms with Gasteiger partial charge in [-0.1, -0.05) is 0 Å². The van der Waals surface area contributed by atoms with Crippen LogP contribution < -0.4 is 16.4 Å². The van der Waals surface area contributed by atoms with Crippen molar-refractivity contribution in [3.8, 4) is 0 Å². The summed E-state index contributed by atoms with van der Waals surface area (Å²) in [5, 5.41) is 5.67. The Balaban J connectivity index is 0.00000180. The van der Waals surface area contributed by atoms with Gasteiger partial charge in [0.25, 0.3) is 0 Å². The van der Waals surface area contributed by atoms with E-state index >= 15 is 0 Å². The fourth-order valence-corrected chi connectivity index (χ4v) is 1.67. The predicted octanol–water partition coefficient (Wildman–Crippen LogP) is 1.10. The first-order valence-corrected chi connectivity index (χ1v) is 5.66. The normalized spacial score (nSPS) is 10.2. The number of nitrogens with zero attached hydrogens (tertiary/aromatic N) is 1. The van der Waals surface area contributed by atoms with Gasteiger partial charge in [-0.2, -0.15) is 0 Å². The van der Waals surface area contributed by atoms with Gasteiger partial charge in [0.05, 0.1) is 5.52 Å². The van der Waals surface area contributed by atoms with Gasteiger partial charge in [-0.25, -0.2) is 4.79 Å². The molecule has 1 amide bonds. The summed E-state index contributed by atoms with van der Waals surface area (Å²) >= 11 is 0. The summed E-state index contributed by atoms with van der Waals surface area (Å²) in [4.78, 5) is 22.9. The third kappa shape index (κ3) is 3.36. The van der Waals surface area contributed by atoms with Crippen LogP contribution in [0.4, 0.5) is 5.69 Å². The first kappa shape index (κ1) is 15.3. The fourth-order valence-electron chi connectivity index (χ4n) is 1.67. The Morgan fingerprint density at radius 1 is 1.42 bits per heavy atom. The van der Waals surface area contributed by atoms with Crippen molar-refractivity contribution in [3.05, 3.63) is 28.7 Å². The molecule has 1 aromatic heterocycles. The molecule has 0 aliphatic rings. The van der Waals surface area contributed by atoms with E-state index in [2.05, 4.69) is 10.6 Å². The zero-order valence-electron chi connectivity index (χ0n) is 10.7. The summed E-state index contributed by atoms with van der Waals surface area (Å²) in [6, 6.07) is 5.10. The van der Waals surface area contributed by atoms with E-state index in [1.807, 2.05) is 0 Å². The molecule has 6 nitrogen and oxygen atoms in total. The molecule has 104 valence electrons. The Bertz CT molecular complexity index is 633. The van der Waals surface area contributed by atoms with Crippen LogP contribution in [0.15, 0.2) is 27.4 Å². The number of aromatic nitrogens is 1. The summed E-state index contributed by atoms with van der Waals surface area (Å²) in [6.45, 7) is 0.623. The molecular formula is C12H16ClN3O3. The number of hydrogen-bond acceptors (Lipinski definition) is 4. The zero-order chi connectivity index (χ0) is 13.1. The maximum atomic E-state index is 11.6. The van der Waals surface area contributed by atoms with Crippen LogP contribution in [-0.2, 0) is 11.8 Å². The number of carbonyl (C=O) groups is 1. The molecule has 1 heterocycles. The van der Waals surface area contributed by atoms with E-state index in [0.29, 0.717) is 29.8 Å². The van der Waals surface area contributed by atoms with Gasteiger partial charge in [0.2, 0.25) is 5.91 Å². The molecule has 0 saturated carbocycles. The number of fused-ring (bicyclic) bond motifs is 1. The third-order valence-corrected chi connectivity index (χ3v) is 2.68. The average molecular weight is 286 g/mol. The van der Waals surface area contributed by atoms with Crippen molar-refractivity contribution >= 4 is 35.1 Å². The summed E-state index contributed by atoms with van der Waals surface area (Å²) in [5.41, 5.74) is 1.82. The second-order valence-electron chi connectivity index (χ2n) is 4.01. The molecule has 2 rings (SSSR count). The number of rotatable bonds is 4. The third-order valence-electron chi connectivity index (χ3n) is 2.68. The van der Waals surface area contributed by atoms with Crippen LogP contribution in [0.25, 0.3) is 11.1 Å². The molecule has 7 heteroatoms. The lowest BCUT2D eigenvalue weighted by Crippen LogP contribution is -2.18. The fraction of sp³-hybridized carbons (Fsp3) is 0.333. The van der Waals surface area contributed by atoms with Gasteiger partial charge in [0.1, 0.15) is 0 Å². The van der Waals surface area contributed by atoms with Gasteiger partial charge in [0.15, 0.2) is 5.58 Å². The van der Waals surface area contributed by atoms with Crippen LogP contribution in [0.3, 0.4) is 0 Å². The highest BCUT2D eigenvalue weighted by molar-refractivity contribution is 5.92. The number of oxazole rings is 1. The second-order valence-corrected chi connectivity index (χ2v) is 4.01. The van der Waals surface area contributed by atoms with E-state index in [-0.39, 0.29) is 18.3 Å². The van der Waals surface area contributed by atoms with Gasteiger partial charge < -0.3 is 15.1 Å². The lowest BCUT2D eigenvalue weighted by Gasteiger charge is -2.04. The largest absolute Gasteiger partial charge is 0.419 e. The molecule has 0 aliphatic carbocycles. The number of anilines is 1. The minimum Gasteiger partial charge on any atom is -0.408 e. The van der Waals surface area contributed by atoms with E-state index in [4.69, 9.17) is 4.42 Å². The van der Waals surface area contributed by atoms with Crippen molar-refractivity contribution in [2.45, 2.75) is 6.42 Å². The molecule has 0 fully saturated rings. The van der Waals surface area contributed by atoms with E-state index in [9.17, 15) is 9.59 Å². The highest BCUT2D eigenvalue weighted by atomic mass is 35.5. The predicted molar refractivity (Wildman–Crippen MR) is 75.9 cm³/mol. The van der Waals surface area contributed by atoms with Crippen molar-refractivity contribution in [1.29, 1.82) is 0 Å². The minimum absolute atomic E-state index is 0. The molecule has 2 N–H and O–H groups in total. The van der Waals surface area contributed by atoms with Crippen molar-refractivity contribution in [2.24, 2.45) is 7.05 Å². The summed E-state index contributed by atoms with van der Waals surface area (Å²) < 4.78 is 6.41. The van der Waals surface area contributed by atoms with Crippen molar-refractivity contribution < 1.29 is 9.21 Å². The number of halogens is 1. The summed E-state index contributed by atoms with van der Waals surface area (Å²) in [6.07, 6.45) is 0.402. The monoisotopic (exact) mass is 285 g/mol. The minimum atomic E-state index is -0.413. The molecule has 0 atom stereocenters. The quantitative estimate of drug-likeness (QED) is 0.882. The average Bonchev–Trinajstić information content (AvgIpc) is 2.63. The Morgan fingerprint density at radius 2 is 2.16 bits per heavy atom. The van der Waals surface area contributed by atoms with E-state index < -0.39 is 5.76 Å². The molecule has 0 spiro atoms. The molecular weight excluding hydrogens is 270 g/mol. The number of aryl methyl sites for hydroxylation is 1. The SMILES string of the molecule is CNCCC(=O)Nc1ccc2oc(=O)n(C)c2c1.Cl. The van der Waals surface area contributed by atoms with E-state index in [1.165, 1.54) is 4.57 Å². The maximum Gasteiger partial charge on any atom is 0.419 e. The van der Waals surface area contributed by atoms with Crippen molar-refractivity contribution in [2.75, 3.05) is 18.9 Å². The standard InChI is InChI=1S/C12H15N3O3.ClH/c1-13-6-5-11(16)14-8-3-4-10-9(7-8)15(2)12(17)18-10;/h3-4,7,13H,5-6H2,1-2H3,(H,14,16);1H. The molecule has 0 radical (unpaired) electrons. The van der Waals surface area contributed by atoms with Crippen molar-refractivity contribution in [1.82, 2.24) is 9.88 Å². The number of carbonyl (C=O) groups excluding carboxylic acids is 1. The smallest absolute Gasteiger partial charge is 0.408 e. The topological polar surface area (TPSA) is 76.3 Å². The van der Waals surface area contributed by atoms with Crippen LogP contribution >= 0.6 is 12.4 Å². The highest BCUT2D eigenvalue weighted by Crippen LogP contribution is 2.17. The Morgan fingerprint density at radius 3 is 2.84 bits per heavy atom. The maximum absolute atomic E-state index is 11.6. The first-order valence-electron chi connectivity index (χ1n) is 5.66. The molecule has 2 aromatic rings. The van der Waals surface area contributed by atoms with Gasteiger partial charge in [-0.3, -0.25) is 9.36 Å². The first-order chi connectivity index (χ1) is 8.61. The number of hydrogen-bond donors (Lipinski definition) is 2. The Hall–Kier alpha value is -1.79. The van der Waals surface area contributed by atoms with Crippen LogP contribution in [-0.4, -0.2) is 24.1 Å². The number of amides is 1. The van der Waals surface area contributed by atoms with Gasteiger partial charge in [-0.15, -0.1) is 12.4 Å². The Labute approximate surface area is 116 Å². The molecule has 0 saturated heterocycles. The van der Waals surface area contributed by atoms with Gasteiger partial charge in [0, 0.05) is 25.7 Å². The van der Waals surface area contributed by atoms with Crippen LogP contribution in [0.1, 0.15) is 6.42 Å². The van der Waals surface area contributed by atoms with Gasteiger partial charge in [-0.05, 0) is 25.2 Å². The Kier molecular flexibility index (Phi) is 5.14. The number of benzene rings is 1. The molecule has 1 aromatic carbocycles. The van der Waals surface area contributed by atoms with Crippen LogP contribution in [0.5, 0.6) is 0 Å². The molecule has 0 aliphatic heterocycles. The second kappa shape index (κ2) is 6.40. The highest BCUT2D eigenvalue weighted by Gasteiger charge is 2.07. The lowest BCUT2D eigenvalue weighted by atomic mass is 10.2. The van der Waals surface area contributed by atoms with E-state index in [1.54, 1.807) is 32.3 Å². The number of nitrogens with one attached hydrogen (secondary N) is 2. The summed E-state index contributed by atoms with van der Waals surface area (Å²) in [5.74, 6) is -0.485. The van der Waals surface area contributed by atoms with Crippen LogP contribution in [0, 0.1) is 0 Å². The summed E-state index contributed by atoms with van der Waals surface area (Å²) in [7, 11) is 3.42. The lowest BCUT2D eigenvalue weighted by molar-refractivity contribution is -0.116. The molecule has 0 bridgehead atoms. The van der Waals surface area contributed by atoms with Gasteiger partial charge >= 0.3 is 5.76 Å². The molecule has 19 heavy (non-hydrogen) atoms. The van der Waals surface area contributed by atoms with E-state index in [0.717, 1.165) is 0 Å².